The maximum atomic E-state index is 13.4. The van der Waals surface area contributed by atoms with Crippen molar-refractivity contribution in [3.05, 3.63) is 0 Å². The van der Waals surface area contributed by atoms with Gasteiger partial charge >= 0.3 is 0 Å². The fourth-order valence-electron chi connectivity index (χ4n) is 4.84. The summed E-state index contributed by atoms with van der Waals surface area (Å²) in [5.41, 5.74) is 0. The third-order valence-electron chi connectivity index (χ3n) is 6.30. The molecule has 1 atom stereocenters. The SMILES string of the molecule is CCCN(C1CCNCC1)S(=O)(=O)C1CCCN(C(=O)C2CCCC2)C1. The lowest BCUT2D eigenvalue weighted by Gasteiger charge is -2.39. The Morgan fingerprint density at radius 1 is 1.08 bits per heavy atom. The normalized spacial score (nSPS) is 26.5. The Labute approximate surface area is 158 Å². The first-order valence-corrected chi connectivity index (χ1v) is 12.0. The second-order valence-corrected chi connectivity index (χ2v) is 10.3. The van der Waals surface area contributed by atoms with E-state index in [1.165, 1.54) is 0 Å². The van der Waals surface area contributed by atoms with Crippen LogP contribution in [-0.4, -0.2) is 67.5 Å². The lowest BCUT2D eigenvalue weighted by Crippen LogP contribution is -2.54. The lowest BCUT2D eigenvalue weighted by atomic mass is 10.0. The number of rotatable bonds is 6. The first kappa shape index (κ1) is 20.1. The predicted molar refractivity (Wildman–Crippen MR) is 103 cm³/mol. The van der Waals surface area contributed by atoms with Gasteiger partial charge in [0.1, 0.15) is 0 Å². The van der Waals surface area contributed by atoms with Crippen LogP contribution in [0.1, 0.15) is 64.7 Å². The zero-order chi connectivity index (χ0) is 18.6. The number of amides is 1. The Morgan fingerprint density at radius 2 is 1.77 bits per heavy atom. The van der Waals surface area contributed by atoms with Crippen LogP contribution in [0.25, 0.3) is 0 Å². The summed E-state index contributed by atoms with van der Waals surface area (Å²) in [6.07, 6.45) is 8.30. The summed E-state index contributed by atoms with van der Waals surface area (Å²) in [6, 6.07) is 0.113. The van der Waals surface area contributed by atoms with Crippen molar-refractivity contribution in [3.63, 3.8) is 0 Å². The number of carbonyl (C=O) groups excluding carboxylic acids is 1. The van der Waals surface area contributed by atoms with Gasteiger partial charge in [0.05, 0.1) is 5.25 Å². The molecule has 0 aromatic carbocycles. The highest BCUT2D eigenvalue weighted by Crippen LogP contribution is 2.30. The minimum absolute atomic E-state index is 0.113. The molecular formula is C19H35N3O3S. The van der Waals surface area contributed by atoms with E-state index in [0.29, 0.717) is 19.5 Å². The molecule has 7 heteroatoms. The molecule has 3 fully saturated rings. The molecule has 6 nitrogen and oxygen atoms in total. The molecule has 0 bridgehead atoms. The van der Waals surface area contributed by atoms with E-state index in [9.17, 15) is 13.2 Å². The van der Waals surface area contributed by atoms with Crippen molar-refractivity contribution in [3.8, 4) is 0 Å². The van der Waals surface area contributed by atoms with Crippen LogP contribution in [0.15, 0.2) is 0 Å². The van der Waals surface area contributed by atoms with E-state index in [-0.39, 0.29) is 17.9 Å². The van der Waals surface area contributed by atoms with Gasteiger partial charge in [-0.3, -0.25) is 4.79 Å². The number of hydrogen-bond acceptors (Lipinski definition) is 4. The molecule has 0 aromatic heterocycles. The van der Waals surface area contributed by atoms with E-state index in [4.69, 9.17) is 0 Å². The summed E-state index contributed by atoms with van der Waals surface area (Å²) in [4.78, 5) is 14.6. The maximum absolute atomic E-state index is 13.4. The van der Waals surface area contributed by atoms with E-state index >= 15 is 0 Å². The average molecular weight is 386 g/mol. The smallest absolute Gasteiger partial charge is 0.225 e. The Morgan fingerprint density at radius 3 is 2.42 bits per heavy atom. The monoisotopic (exact) mass is 385 g/mol. The lowest BCUT2D eigenvalue weighted by molar-refractivity contribution is -0.136. The first-order valence-electron chi connectivity index (χ1n) is 10.5. The van der Waals surface area contributed by atoms with E-state index in [0.717, 1.165) is 71.0 Å². The molecule has 2 heterocycles. The van der Waals surface area contributed by atoms with Gasteiger partial charge in [0, 0.05) is 31.6 Å². The summed E-state index contributed by atoms with van der Waals surface area (Å²) in [5, 5.41) is 2.89. The van der Waals surface area contributed by atoms with Crippen LogP contribution in [-0.2, 0) is 14.8 Å². The van der Waals surface area contributed by atoms with Crippen LogP contribution in [0.3, 0.4) is 0 Å². The van der Waals surface area contributed by atoms with Crippen molar-refractivity contribution >= 4 is 15.9 Å². The van der Waals surface area contributed by atoms with Gasteiger partial charge in [0.25, 0.3) is 0 Å². The number of hydrogen-bond donors (Lipinski definition) is 1. The van der Waals surface area contributed by atoms with Crippen molar-refractivity contribution in [1.82, 2.24) is 14.5 Å². The molecule has 3 aliphatic rings. The minimum Gasteiger partial charge on any atom is -0.341 e. The topological polar surface area (TPSA) is 69.7 Å². The van der Waals surface area contributed by atoms with Crippen molar-refractivity contribution in [2.24, 2.45) is 5.92 Å². The molecule has 3 rings (SSSR count). The van der Waals surface area contributed by atoms with Crippen molar-refractivity contribution < 1.29 is 13.2 Å². The van der Waals surface area contributed by atoms with Gasteiger partial charge in [-0.05, 0) is 58.0 Å². The second kappa shape index (κ2) is 9.02. The molecule has 2 aliphatic heterocycles. The summed E-state index contributed by atoms with van der Waals surface area (Å²) >= 11 is 0. The molecule has 1 N–H and O–H groups in total. The molecule has 2 saturated heterocycles. The Bertz CT molecular complexity index is 569. The highest BCUT2D eigenvalue weighted by atomic mass is 32.2. The van der Waals surface area contributed by atoms with Crippen LogP contribution in [0, 0.1) is 5.92 Å². The Balaban J connectivity index is 1.70. The molecule has 1 aliphatic carbocycles. The van der Waals surface area contributed by atoms with Crippen molar-refractivity contribution in [2.45, 2.75) is 76.0 Å². The summed E-state index contributed by atoms with van der Waals surface area (Å²) < 4.78 is 28.6. The van der Waals surface area contributed by atoms with E-state index in [2.05, 4.69) is 5.32 Å². The van der Waals surface area contributed by atoms with E-state index in [1.807, 2.05) is 11.8 Å². The van der Waals surface area contributed by atoms with Crippen LogP contribution in [0.2, 0.25) is 0 Å². The van der Waals surface area contributed by atoms with Gasteiger partial charge < -0.3 is 10.2 Å². The molecular weight excluding hydrogens is 350 g/mol. The molecule has 0 radical (unpaired) electrons. The first-order chi connectivity index (χ1) is 12.5. The fraction of sp³-hybridized carbons (Fsp3) is 0.947. The van der Waals surface area contributed by atoms with Crippen LogP contribution in [0.4, 0.5) is 0 Å². The van der Waals surface area contributed by atoms with Gasteiger partial charge in [-0.1, -0.05) is 19.8 Å². The Kier molecular flexibility index (Phi) is 6.97. The zero-order valence-corrected chi connectivity index (χ0v) is 17.0. The number of nitrogens with one attached hydrogen (secondary N) is 1. The van der Waals surface area contributed by atoms with E-state index < -0.39 is 15.3 Å². The fourth-order valence-corrected chi connectivity index (χ4v) is 7.12. The molecule has 1 saturated carbocycles. The molecule has 0 spiro atoms. The highest BCUT2D eigenvalue weighted by Gasteiger charge is 2.40. The van der Waals surface area contributed by atoms with Crippen LogP contribution < -0.4 is 5.32 Å². The number of piperidine rings is 2. The summed E-state index contributed by atoms with van der Waals surface area (Å²) in [7, 11) is -3.36. The third kappa shape index (κ3) is 4.42. The number of nitrogens with zero attached hydrogens (tertiary/aromatic N) is 2. The van der Waals surface area contributed by atoms with Gasteiger partial charge in [0.15, 0.2) is 0 Å². The van der Waals surface area contributed by atoms with Gasteiger partial charge in [0.2, 0.25) is 15.9 Å². The minimum atomic E-state index is -3.36. The molecule has 1 amide bonds. The van der Waals surface area contributed by atoms with Crippen LogP contribution in [0.5, 0.6) is 0 Å². The number of carbonyl (C=O) groups is 1. The zero-order valence-electron chi connectivity index (χ0n) is 16.2. The Hall–Kier alpha value is -0.660. The average Bonchev–Trinajstić information content (AvgIpc) is 3.21. The standard InChI is InChI=1S/C19H35N3O3S/c1-2-13-22(17-9-11-20-12-10-17)26(24,25)18-8-5-14-21(15-18)19(23)16-6-3-4-7-16/h16-18,20H,2-15H2,1H3. The summed E-state index contributed by atoms with van der Waals surface area (Å²) in [5.74, 6) is 0.332. The third-order valence-corrected chi connectivity index (χ3v) is 8.66. The predicted octanol–water partition coefficient (Wildman–Crippen LogP) is 1.96. The molecule has 1 unspecified atom stereocenters. The largest absolute Gasteiger partial charge is 0.341 e. The van der Waals surface area contributed by atoms with E-state index in [1.54, 1.807) is 4.31 Å². The maximum Gasteiger partial charge on any atom is 0.225 e. The van der Waals surface area contributed by atoms with Gasteiger partial charge in [-0.2, -0.15) is 4.31 Å². The second-order valence-electron chi connectivity index (χ2n) is 8.17. The number of sulfonamides is 1. The summed E-state index contributed by atoms with van der Waals surface area (Å²) in [6.45, 7) is 5.53. The molecule has 150 valence electrons. The van der Waals surface area contributed by atoms with Gasteiger partial charge in [-0.25, -0.2) is 8.42 Å². The molecule has 0 aromatic rings. The van der Waals surface area contributed by atoms with Crippen LogP contribution >= 0.6 is 0 Å². The van der Waals surface area contributed by atoms with Gasteiger partial charge in [-0.15, -0.1) is 0 Å². The molecule has 26 heavy (non-hydrogen) atoms. The van der Waals surface area contributed by atoms with Crippen molar-refractivity contribution in [2.75, 3.05) is 32.7 Å². The number of likely N-dealkylation sites (tertiary alicyclic amines) is 1. The van der Waals surface area contributed by atoms with Crippen molar-refractivity contribution in [1.29, 1.82) is 0 Å². The highest BCUT2D eigenvalue weighted by molar-refractivity contribution is 7.89. The quantitative estimate of drug-likeness (QED) is 0.759.